The fourth-order valence-corrected chi connectivity index (χ4v) is 5.71. The molecule has 3 aromatic carbocycles. The number of carbonyl (C=O) groups is 2. The fraction of sp³-hybridized carbons (Fsp3) is 0.355. The zero-order valence-electron chi connectivity index (χ0n) is 21.9. The van der Waals surface area contributed by atoms with Gasteiger partial charge in [0.15, 0.2) is 0 Å². The highest BCUT2D eigenvalue weighted by Crippen LogP contribution is 2.36. The molecule has 0 N–H and O–H groups in total. The van der Waals surface area contributed by atoms with Gasteiger partial charge in [0.25, 0.3) is 5.91 Å². The third kappa shape index (κ3) is 5.06. The number of piperazine rings is 1. The van der Waals surface area contributed by atoms with E-state index in [1.165, 1.54) is 11.3 Å². The summed E-state index contributed by atoms with van der Waals surface area (Å²) in [6.07, 6.45) is 0. The van der Waals surface area contributed by atoms with E-state index in [0.29, 0.717) is 31.7 Å². The van der Waals surface area contributed by atoms with E-state index >= 15 is 0 Å². The van der Waals surface area contributed by atoms with Gasteiger partial charge in [-0.2, -0.15) is 0 Å². The van der Waals surface area contributed by atoms with Gasteiger partial charge < -0.3 is 19.4 Å². The lowest BCUT2D eigenvalue weighted by Crippen LogP contribution is -2.51. The quantitative estimate of drug-likeness (QED) is 0.520. The maximum Gasteiger partial charge on any atom is 0.254 e. The van der Waals surface area contributed by atoms with Crippen LogP contribution >= 0.6 is 0 Å². The number of rotatable bonds is 5. The average Bonchev–Trinajstić information content (AvgIpc) is 3.38. The van der Waals surface area contributed by atoms with Gasteiger partial charge in [-0.15, -0.1) is 0 Å². The van der Waals surface area contributed by atoms with Crippen molar-refractivity contribution in [2.75, 3.05) is 51.3 Å². The normalized spacial score (nSPS) is 19.7. The molecular weight excluding hydrogens is 462 g/mol. The van der Waals surface area contributed by atoms with Crippen LogP contribution in [-0.2, 0) is 4.79 Å². The molecule has 2 aliphatic heterocycles. The number of benzene rings is 3. The van der Waals surface area contributed by atoms with E-state index in [4.69, 9.17) is 4.74 Å². The molecule has 2 unspecified atom stereocenters. The van der Waals surface area contributed by atoms with Crippen molar-refractivity contribution in [3.05, 3.63) is 95.1 Å². The standard InChI is InChI=1S/C31H35N3O3/c1-22-8-4-6-10-26(22)30(35)34-20-27(24-12-14-25(37-3)15-13-24)28(21-34)31(36)33-18-16-32(17-19-33)29-11-7-5-9-23(29)2/h4-15,27-28H,16-21H2,1-3H3. The minimum Gasteiger partial charge on any atom is -0.497 e. The van der Waals surface area contributed by atoms with Crippen molar-refractivity contribution >= 4 is 17.5 Å². The molecule has 2 aliphatic rings. The molecule has 37 heavy (non-hydrogen) atoms. The number of hydrogen-bond donors (Lipinski definition) is 0. The first-order valence-corrected chi connectivity index (χ1v) is 13.0. The molecule has 2 fully saturated rings. The van der Waals surface area contributed by atoms with Crippen molar-refractivity contribution in [3.63, 3.8) is 0 Å². The number of nitrogens with zero attached hydrogens (tertiary/aromatic N) is 3. The second-order valence-electron chi connectivity index (χ2n) is 10.1. The van der Waals surface area contributed by atoms with Crippen molar-refractivity contribution in [3.8, 4) is 5.75 Å². The van der Waals surface area contributed by atoms with E-state index in [2.05, 4.69) is 36.1 Å². The smallest absolute Gasteiger partial charge is 0.254 e. The molecule has 6 heteroatoms. The molecule has 2 atom stereocenters. The molecule has 2 amide bonds. The molecule has 0 aromatic heterocycles. The summed E-state index contributed by atoms with van der Waals surface area (Å²) in [5.41, 5.74) is 5.22. The Kier molecular flexibility index (Phi) is 7.17. The summed E-state index contributed by atoms with van der Waals surface area (Å²) in [6, 6.07) is 24.0. The van der Waals surface area contributed by atoms with Crippen LogP contribution in [0.25, 0.3) is 0 Å². The number of methoxy groups -OCH3 is 1. The van der Waals surface area contributed by atoms with E-state index in [1.807, 2.05) is 65.3 Å². The number of anilines is 1. The van der Waals surface area contributed by atoms with E-state index in [0.717, 1.165) is 30.0 Å². The SMILES string of the molecule is COc1ccc(C2CN(C(=O)c3ccccc3C)CC2C(=O)N2CCN(c3ccccc3C)CC2)cc1. The summed E-state index contributed by atoms with van der Waals surface area (Å²) in [6.45, 7) is 8.03. The zero-order valence-corrected chi connectivity index (χ0v) is 21.9. The molecule has 6 nitrogen and oxygen atoms in total. The summed E-state index contributed by atoms with van der Waals surface area (Å²) in [5, 5.41) is 0. The van der Waals surface area contributed by atoms with E-state index in [-0.39, 0.29) is 23.7 Å². The summed E-state index contributed by atoms with van der Waals surface area (Å²) >= 11 is 0. The van der Waals surface area contributed by atoms with Crippen molar-refractivity contribution < 1.29 is 14.3 Å². The number of ether oxygens (including phenoxy) is 1. The minimum atomic E-state index is -0.272. The van der Waals surface area contributed by atoms with Gasteiger partial charge in [0.05, 0.1) is 13.0 Å². The third-order valence-electron chi connectivity index (χ3n) is 7.89. The van der Waals surface area contributed by atoms with Crippen LogP contribution < -0.4 is 9.64 Å². The van der Waals surface area contributed by atoms with Gasteiger partial charge in [0.2, 0.25) is 5.91 Å². The third-order valence-corrected chi connectivity index (χ3v) is 7.89. The largest absolute Gasteiger partial charge is 0.497 e. The first-order valence-electron chi connectivity index (χ1n) is 13.0. The van der Waals surface area contributed by atoms with Crippen molar-refractivity contribution in [2.24, 2.45) is 5.92 Å². The zero-order chi connectivity index (χ0) is 25.9. The van der Waals surface area contributed by atoms with Gasteiger partial charge in [-0.25, -0.2) is 0 Å². The van der Waals surface area contributed by atoms with Crippen LogP contribution in [0.3, 0.4) is 0 Å². The predicted molar refractivity (Wildman–Crippen MR) is 146 cm³/mol. The Morgan fingerprint density at radius 2 is 1.41 bits per heavy atom. The highest BCUT2D eigenvalue weighted by atomic mass is 16.5. The topological polar surface area (TPSA) is 53.1 Å². The van der Waals surface area contributed by atoms with Crippen molar-refractivity contribution in [1.29, 1.82) is 0 Å². The van der Waals surface area contributed by atoms with Gasteiger partial charge in [0.1, 0.15) is 5.75 Å². The summed E-state index contributed by atoms with van der Waals surface area (Å²) in [4.78, 5) is 33.7. The van der Waals surface area contributed by atoms with Crippen LogP contribution in [0.15, 0.2) is 72.8 Å². The maximum absolute atomic E-state index is 13.9. The molecule has 0 saturated carbocycles. The molecule has 0 spiro atoms. The number of amides is 2. The second kappa shape index (κ2) is 10.7. The number of para-hydroxylation sites is 1. The first-order chi connectivity index (χ1) is 18.0. The first kappa shape index (κ1) is 24.9. The molecule has 5 rings (SSSR count). The lowest BCUT2D eigenvalue weighted by Gasteiger charge is -2.38. The van der Waals surface area contributed by atoms with Crippen LogP contribution in [0.1, 0.15) is 33.0 Å². The second-order valence-corrected chi connectivity index (χ2v) is 10.1. The summed E-state index contributed by atoms with van der Waals surface area (Å²) < 4.78 is 5.34. The van der Waals surface area contributed by atoms with Crippen molar-refractivity contribution in [2.45, 2.75) is 19.8 Å². The van der Waals surface area contributed by atoms with Gasteiger partial charge in [-0.3, -0.25) is 9.59 Å². The molecule has 0 aliphatic carbocycles. The maximum atomic E-state index is 13.9. The highest BCUT2D eigenvalue weighted by Gasteiger charge is 2.43. The highest BCUT2D eigenvalue weighted by molar-refractivity contribution is 5.96. The van der Waals surface area contributed by atoms with Crippen LogP contribution in [-0.4, -0.2) is 68.0 Å². The van der Waals surface area contributed by atoms with Crippen LogP contribution in [0, 0.1) is 19.8 Å². The Labute approximate surface area is 219 Å². The Bertz CT molecular complexity index is 1260. The lowest BCUT2D eigenvalue weighted by molar-refractivity contribution is -0.135. The monoisotopic (exact) mass is 497 g/mol. The van der Waals surface area contributed by atoms with Crippen LogP contribution in [0.2, 0.25) is 0 Å². The Balaban J connectivity index is 1.35. The van der Waals surface area contributed by atoms with E-state index < -0.39 is 0 Å². The van der Waals surface area contributed by atoms with Crippen LogP contribution in [0.4, 0.5) is 5.69 Å². The Morgan fingerprint density at radius 1 is 0.757 bits per heavy atom. The number of hydrogen-bond acceptors (Lipinski definition) is 4. The average molecular weight is 498 g/mol. The molecule has 3 aromatic rings. The molecular formula is C31H35N3O3. The molecule has 2 saturated heterocycles. The fourth-order valence-electron chi connectivity index (χ4n) is 5.71. The Morgan fingerprint density at radius 3 is 2.05 bits per heavy atom. The number of likely N-dealkylation sites (tertiary alicyclic amines) is 1. The van der Waals surface area contributed by atoms with Crippen LogP contribution in [0.5, 0.6) is 5.75 Å². The summed E-state index contributed by atoms with van der Waals surface area (Å²) in [7, 11) is 1.65. The van der Waals surface area contributed by atoms with Gasteiger partial charge in [0, 0.05) is 56.4 Å². The lowest BCUT2D eigenvalue weighted by atomic mass is 9.87. The molecule has 0 radical (unpaired) electrons. The van der Waals surface area contributed by atoms with Gasteiger partial charge in [-0.05, 0) is 54.8 Å². The number of carbonyl (C=O) groups excluding carboxylic acids is 2. The van der Waals surface area contributed by atoms with Gasteiger partial charge >= 0.3 is 0 Å². The molecule has 192 valence electrons. The Hall–Kier alpha value is -3.80. The molecule has 0 bridgehead atoms. The number of aryl methyl sites for hydroxylation is 2. The van der Waals surface area contributed by atoms with Crippen molar-refractivity contribution in [1.82, 2.24) is 9.80 Å². The summed E-state index contributed by atoms with van der Waals surface area (Å²) in [5.74, 6) is 0.596. The van der Waals surface area contributed by atoms with E-state index in [1.54, 1.807) is 7.11 Å². The molecule has 2 heterocycles. The van der Waals surface area contributed by atoms with Gasteiger partial charge in [-0.1, -0.05) is 48.5 Å². The minimum absolute atomic E-state index is 0.00344. The van der Waals surface area contributed by atoms with E-state index in [9.17, 15) is 9.59 Å². The predicted octanol–water partition coefficient (Wildman–Crippen LogP) is 4.52.